The maximum atomic E-state index is 9.10. The van der Waals surface area contributed by atoms with Crippen LogP contribution in [0.1, 0.15) is 12.0 Å². The lowest BCUT2D eigenvalue weighted by Crippen LogP contribution is -2.27. The van der Waals surface area contributed by atoms with Crippen LogP contribution in [-0.2, 0) is 16.1 Å². The molecule has 5 nitrogen and oxygen atoms in total. The number of thioether (sulfide) groups is 1. The Labute approximate surface area is 116 Å². The highest BCUT2D eigenvalue weighted by molar-refractivity contribution is 7.99. The lowest BCUT2D eigenvalue weighted by atomic mass is 10.2. The Morgan fingerprint density at radius 3 is 2.32 bits per heavy atom. The van der Waals surface area contributed by atoms with E-state index in [1.54, 1.807) is 0 Å². The van der Waals surface area contributed by atoms with Gasteiger partial charge in [0.2, 0.25) is 0 Å². The molecule has 6 heteroatoms. The first-order valence-electron chi connectivity index (χ1n) is 5.91. The van der Waals surface area contributed by atoms with Gasteiger partial charge in [0, 0.05) is 18.3 Å². The molecular weight excluding hydrogens is 266 g/mol. The van der Waals surface area contributed by atoms with Crippen molar-refractivity contribution in [2.75, 3.05) is 11.5 Å². The molecule has 3 N–H and O–H groups in total. The average molecular weight is 283 g/mol. The minimum atomic E-state index is -1.82. The standard InChI is InChI=1S/C11H15NS.C2H2O4/c1-2-4-10(5-3-1)8-12-11-6-7-13-9-11;3-1(4)2(5)6/h1-5,11-12H,6-9H2;(H,3,4)(H,5,6). The van der Waals surface area contributed by atoms with Gasteiger partial charge in [-0.2, -0.15) is 11.8 Å². The monoisotopic (exact) mass is 283 g/mol. The number of nitrogens with one attached hydrogen (secondary N) is 1. The Kier molecular flexibility index (Phi) is 6.99. The number of rotatable bonds is 3. The molecular formula is C13H17NO4S. The smallest absolute Gasteiger partial charge is 0.414 e. The van der Waals surface area contributed by atoms with Crippen molar-refractivity contribution in [3.05, 3.63) is 35.9 Å². The van der Waals surface area contributed by atoms with E-state index in [2.05, 4.69) is 47.4 Å². The van der Waals surface area contributed by atoms with Crippen LogP contribution in [0.2, 0.25) is 0 Å². The largest absolute Gasteiger partial charge is 0.473 e. The van der Waals surface area contributed by atoms with Gasteiger partial charge in [0.05, 0.1) is 0 Å². The second-order valence-electron chi connectivity index (χ2n) is 4.04. The lowest BCUT2D eigenvalue weighted by molar-refractivity contribution is -0.159. The summed E-state index contributed by atoms with van der Waals surface area (Å²) in [5.41, 5.74) is 1.39. The Hall–Kier alpha value is -1.53. The van der Waals surface area contributed by atoms with Crippen LogP contribution in [0.5, 0.6) is 0 Å². The third-order valence-electron chi connectivity index (χ3n) is 2.55. The molecule has 2 rings (SSSR count). The summed E-state index contributed by atoms with van der Waals surface area (Å²) >= 11 is 2.05. The van der Waals surface area contributed by atoms with Gasteiger partial charge in [0.1, 0.15) is 0 Å². The summed E-state index contributed by atoms with van der Waals surface area (Å²) in [5.74, 6) is -1.04. The van der Waals surface area contributed by atoms with Crippen molar-refractivity contribution in [3.63, 3.8) is 0 Å². The summed E-state index contributed by atoms with van der Waals surface area (Å²) in [6.07, 6.45) is 1.33. The second kappa shape index (κ2) is 8.55. The number of aliphatic carboxylic acids is 2. The van der Waals surface area contributed by atoms with Gasteiger partial charge in [-0.1, -0.05) is 30.3 Å². The minimum absolute atomic E-state index is 0.741. The van der Waals surface area contributed by atoms with E-state index in [-0.39, 0.29) is 0 Å². The third-order valence-corrected chi connectivity index (χ3v) is 3.71. The fourth-order valence-electron chi connectivity index (χ4n) is 1.55. The van der Waals surface area contributed by atoms with Gasteiger partial charge in [-0.15, -0.1) is 0 Å². The molecule has 1 heterocycles. The number of carbonyl (C=O) groups is 2. The molecule has 1 saturated heterocycles. The predicted molar refractivity (Wildman–Crippen MR) is 74.3 cm³/mol. The van der Waals surface area contributed by atoms with E-state index in [4.69, 9.17) is 19.8 Å². The van der Waals surface area contributed by atoms with Crippen molar-refractivity contribution in [1.82, 2.24) is 5.32 Å². The van der Waals surface area contributed by atoms with E-state index in [0.29, 0.717) is 0 Å². The third kappa shape index (κ3) is 6.83. The number of benzene rings is 1. The van der Waals surface area contributed by atoms with E-state index >= 15 is 0 Å². The zero-order chi connectivity index (χ0) is 14.1. The van der Waals surface area contributed by atoms with E-state index in [0.717, 1.165) is 12.6 Å². The van der Waals surface area contributed by atoms with Crippen LogP contribution in [-0.4, -0.2) is 39.7 Å². The van der Waals surface area contributed by atoms with Gasteiger partial charge in [0.25, 0.3) is 0 Å². The van der Waals surface area contributed by atoms with Crippen molar-refractivity contribution in [2.24, 2.45) is 0 Å². The Bertz CT molecular complexity index is 392. The van der Waals surface area contributed by atoms with Crippen LogP contribution in [0.3, 0.4) is 0 Å². The first kappa shape index (κ1) is 15.5. The van der Waals surface area contributed by atoms with E-state index in [1.807, 2.05) is 0 Å². The maximum Gasteiger partial charge on any atom is 0.414 e. The van der Waals surface area contributed by atoms with Gasteiger partial charge in [-0.3, -0.25) is 0 Å². The molecule has 1 aromatic rings. The van der Waals surface area contributed by atoms with Crippen molar-refractivity contribution >= 4 is 23.7 Å². The van der Waals surface area contributed by atoms with Crippen molar-refractivity contribution in [1.29, 1.82) is 0 Å². The van der Waals surface area contributed by atoms with Gasteiger partial charge in [0.15, 0.2) is 0 Å². The molecule has 1 unspecified atom stereocenters. The fourth-order valence-corrected chi connectivity index (χ4v) is 2.74. The van der Waals surface area contributed by atoms with Crippen molar-refractivity contribution < 1.29 is 19.8 Å². The first-order chi connectivity index (χ1) is 9.09. The quantitative estimate of drug-likeness (QED) is 0.728. The number of carboxylic acid groups (broad SMARTS) is 2. The van der Waals surface area contributed by atoms with E-state index in [9.17, 15) is 0 Å². The van der Waals surface area contributed by atoms with Crippen LogP contribution in [0.4, 0.5) is 0 Å². The normalized spacial score (nSPS) is 17.4. The summed E-state index contributed by atoms with van der Waals surface area (Å²) in [4.78, 5) is 18.2. The number of carboxylic acids is 2. The van der Waals surface area contributed by atoms with Gasteiger partial charge in [-0.25, -0.2) is 9.59 Å². The fraction of sp³-hybridized carbons (Fsp3) is 0.385. The molecule has 19 heavy (non-hydrogen) atoms. The zero-order valence-corrected chi connectivity index (χ0v) is 11.2. The van der Waals surface area contributed by atoms with Crippen LogP contribution >= 0.6 is 11.8 Å². The highest BCUT2D eigenvalue weighted by atomic mass is 32.2. The lowest BCUT2D eigenvalue weighted by Gasteiger charge is -2.10. The SMILES string of the molecule is O=C(O)C(=O)O.c1ccc(CNC2CCSC2)cc1. The molecule has 0 saturated carbocycles. The Balaban J connectivity index is 0.000000258. The average Bonchev–Trinajstić information content (AvgIpc) is 2.91. The Morgan fingerprint density at radius 2 is 1.84 bits per heavy atom. The van der Waals surface area contributed by atoms with E-state index < -0.39 is 11.9 Å². The van der Waals surface area contributed by atoms with Crippen molar-refractivity contribution in [2.45, 2.75) is 19.0 Å². The molecule has 1 aliphatic rings. The molecule has 1 aliphatic heterocycles. The second-order valence-corrected chi connectivity index (χ2v) is 5.19. The van der Waals surface area contributed by atoms with Gasteiger partial charge in [-0.05, 0) is 17.7 Å². The van der Waals surface area contributed by atoms with Gasteiger partial charge < -0.3 is 15.5 Å². The molecule has 0 amide bonds. The molecule has 0 aliphatic carbocycles. The number of hydrogen-bond donors (Lipinski definition) is 3. The first-order valence-corrected chi connectivity index (χ1v) is 7.06. The van der Waals surface area contributed by atoms with Crippen LogP contribution < -0.4 is 5.32 Å². The number of hydrogen-bond acceptors (Lipinski definition) is 4. The van der Waals surface area contributed by atoms with Crippen LogP contribution in [0.25, 0.3) is 0 Å². The van der Waals surface area contributed by atoms with E-state index in [1.165, 1.54) is 23.5 Å². The molecule has 1 aromatic carbocycles. The summed E-state index contributed by atoms with van der Waals surface area (Å²) in [7, 11) is 0. The molecule has 0 aromatic heterocycles. The van der Waals surface area contributed by atoms with Crippen molar-refractivity contribution in [3.8, 4) is 0 Å². The molecule has 0 spiro atoms. The molecule has 0 bridgehead atoms. The van der Waals surface area contributed by atoms with Crippen LogP contribution in [0.15, 0.2) is 30.3 Å². The predicted octanol–water partition coefficient (Wildman–Crippen LogP) is 1.44. The summed E-state index contributed by atoms with van der Waals surface area (Å²) in [6.45, 7) is 1.02. The zero-order valence-electron chi connectivity index (χ0n) is 10.4. The topological polar surface area (TPSA) is 86.6 Å². The molecule has 0 radical (unpaired) electrons. The molecule has 104 valence electrons. The highest BCUT2D eigenvalue weighted by Gasteiger charge is 2.13. The Morgan fingerprint density at radius 1 is 1.21 bits per heavy atom. The molecule has 1 fully saturated rings. The summed E-state index contributed by atoms with van der Waals surface area (Å²) < 4.78 is 0. The minimum Gasteiger partial charge on any atom is -0.473 e. The summed E-state index contributed by atoms with van der Waals surface area (Å²) in [6, 6.07) is 11.4. The van der Waals surface area contributed by atoms with Gasteiger partial charge >= 0.3 is 11.9 Å². The highest BCUT2D eigenvalue weighted by Crippen LogP contribution is 2.17. The van der Waals surface area contributed by atoms with Crippen LogP contribution in [0, 0.1) is 0 Å². The maximum absolute atomic E-state index is 9.10. The summed E-state index contributed by atoms with van der Waals surface area (Å²) in [5, 5.41) is 18.4. The molecule has 1 atom stereocenters.